The molecular formula is C22H23N3O3. The zero-order chi connectivity index (χ0) is 19.8. The molecule has 3 aromatic rings. The van der Waals surface area contributed by atoms with Crippen LogP contribution >= 0.6 is 0 Å². The zero-order valence-corrected chi connectivity index (χ0v) is 15.4. The minimum atomic E-state index is -1.07. The van der Waals surface area contributed by atoms with E-state index in [1.54, 1.807) is 6.20 Å². The SMILES string of the molecule is O=C(N[C@@H](Cc1cnc[nH]1)C(=O)O)C(Cc1ccccc1)Cc1ccccc1. The summed E-state index contributed by atoms with van der Waals surface area (Å²) >= 11 is 0. The predicted octanol–water partition coefficient (Wildman–Crippen LogP) is 2.62. The van der Waals surface area contributed by atoms with Gasteiger partial charge in [-0.2, -0.15) is 0 Å². The molecule has 6 nitrogen and oxygen atoms in total. The van der Waals surface area contributed by atoms with Crippen LogP contribution in [0.3, 0.4) is 0 Å². The summed E-state index contributed by atoms with van der Waals surface area (Å²) in [4.78, 5) is 31.4. The normalized spacial score (nSPS) is 11.9. The Morgan fingerprint density at radius 1 is 0.929 bits per heavy atom. The van der Waals surface area contributed by atoms with Crippen LogP contribution in [0.25, 0.3) is 0 Å². The molecule has 1 amide bonds. The Hall–Kier alpha value is -3.41. The molecule has 1 aromatic heterocycles. The van der Waals surface area contributed by atoms with E-state index >= 15 is 0 Å². The molecule has 0 aliphatic rings. The van der Waals surface area contributed by atoms with Gasteiger partial charge in [0.2, 0.25) is 5.91 Å². The van der Waals surface area contributed by atoms with Crippen LogP contribution in [0.4, 0.5) is 0 Å². The van der Waals surface area contributed by atoms with Crippen LogP contribution in [0.15, 0.2) is 73.2 Å². The summed E-state index contributed by atoms with van der Waals surface area (Å²) in [6.07, 6.45) is 4.29. The van der Waals surface area contributed by atoms with Gasteiger partial charge in [-0.1, -0.05) is 60.7 Å². The van der Waals surface area contributed by atoms with Gasteiger partial charge in [-0.05, 0) is 24.0 Å². The third-order valence-electron chi connectivity index (χ3n) is 4.61. The molecule has 0 unspecified atom stereocenters. The van der Waals surface area contributed by atoms with Gasteiger partial charge < -0.3 is 15.4 Å². The standard InChI is InChI=1S/C22H23N3O3/c26-21(25-20(22(27)28)13-19-14-23-15-24-19)18(11-16-7-3-1-4-8-16)12-17-9-5-2-6-10-17/h1-10,14-15,18,20H,11-13H2,(H,23,24)(H,25,26)(H,27,28)/t20-/m0/s1. The predicted molar refractivity (Wildman–Crippen MR) is 106 cm³/mol. The van der Waals surface area contributed by atoms with Gasteiger partial charge in [-0.3, -0.25) is 4.79 Å². The molecule has 1 heterocycles. The number of carboxylic acid groups (broad SMARTS) is 1. The first-order chi connectivity index (χ1) is 13.6. The monoisotopic (exact) mass is 377 g/mol. The smallest absolute Gasteiger partial charge is 0.326 e. The van der Waals surface area contributed by atoms with E-state index in [4.69, 9.17) is 0 Å². The van der Waals surface area contributed by atoms with Crippen molar-refractivity contribution in [2.75, 3.05) is 0 Å². The van der Waals surface area contributed by atoms with Gasteiger partial charge in [0.05, 0.1) is 6.33 Å². The number of imidazole rings is 1. The van der Waals surface area contributed by atoms with Crippen LogP contribution in [0.2, 0.25) is 0 Å². The van der Waals surface area contributed by atoms with Crippen LogP contribution in [-0.2, 0) is 28.9 Å². The lowest BCUT2D eigenvalue weighted by Crippen LogP contribution is -2.45. The average Bonchev–Trinajstić information content (AvgIpc) is 3.21. The number of aromatic amines is 1. The van der Waals surface area contributed by atoms with E-state index in [0.29, 0.717) is 18.5 Å². The number of H-pyrrole nitrogens is 1. The largest absolute Gasteiger partial charge is 0.480 e. The van der Waals surface area contributed by atoms with E-state index in [2.05, 4.69) is 15.3 Å². The molecule has 0 saturated carbocycles. The molecule has 0 aliphatic heterocycles. The lowest BCUT2D eigenvalue weighted by atomic mass is 9.91. The van der Waals surface area contributed by atoms with Crippen molar-refractivity contribution in [1.29, 1.82) is 0 Å². The van der Waals surface area contributed by atoms with Gasteiger partial charge in [-0.25, -0.2) is 9.78 Å². The molecule has 0 bridgehead atoms. The summed E-state index contributed by atoms with van der Waals surface area (Å²) in [5.74, 6) is -1.70. The highest BCUT2D eigenvalue weighted by Crippen LogP contribution is 2.16. The van der Waals surface area contributed by atoms with Crippen molar-refractivity contribution >= 4 is 11.9 Å². The van der Waals surface area contributed by atoms with Gasteiger partial charge in [0.25, 0.3) is 0 Å². The Balaban J connectivity index is 1.75. The molecule has 6 heteroatoms. The van der Waals surface area contributed by atoms with Crippen LogP contribution in [0.5, 0.6) is 0 Å². The molecule has 2 aromatic carbocycles. The fourth-order valence-electron chi connectivity index (χ4n) is 3.16. The topological polar surface area (TPSA) is 95.1 Å². The van der Waals surface area contributed by atoms with Crippen molar-refractivity contribution in [2.24, 2.45) is 5.92 Å². The minimum absolute atomic E-state index is 0.157. The third kappa shape index (κ3) is 5.54. The highest BCUT2D eigenvalue weighted by Gasteiger charge is 2.26. The number of aliphatic carboxylic acids is 1. The number of carbonyl (C=O) groups is 2. The summed E-state index contributed by atoms with van der Waals surface area (Å²) in [5.41, 5.74) is 2.74. The van der Waals surface area contributed by atoms with E-state index in [9.17, 15) is 14.7 Å². The number of carboxylic acids is 1. The number of amides is 1. The first-order valence-electron chi connectivity index (χ1n) is 9.20. The highest BCUT2D eigenvalue weighted by atomic mass is 16.4. The quantitative estimate of drug-likeness (QED) is 0.534. The maximum Gasteiger partial charge on any atom is 0.326 e. The summed E-state index contributed by atoms with van der Waals surface area (Å²) in [5, 5.41) is 12.2. The van der Waals surface area contributed by atoms with Gasteiger partial charge in [0.15, 0.2) is 0 Å². The lowest BCUT2D eigenvalue weighted by molar-refractivity contribution is -0.142. The van der Waals surface area contributed by atoms with E-state index in [-0.39, 0.29) is 18.2 Å². The highest BCUT2D eigenvalue weighted by molar-refractivity contribution is 5.85. The Morgan fingerprint density at radius 2 is 1.50 bits per heavy atom. The van der Waals surface area contributed by atoms with Crippen molar-refractivity contribution in [1.82, 2.24) is 15.3 Å². The van der Waals surface area contributed by atoms with E-state index in [1.165, 1.54) is 6.33 Å². The molecule has 0 radical (unpaired) electrons. The third-order valence-corrected chi connectivity index (χ3v) is 4.61. The molecule has 28 heavy (non-hydrogen) atoms. The molecule has 144 valence electrons. The van der Waals surface area contributed by atoms with Crippen molar-refractivity contribution in [3.8, 4) is 0 Å². The molecule has 3 rings (SSSR count). The van der Waals surface area contributed by atoms with Gasteiger partial charge in [0, 0.05) is 24.2 Å². The second kappa shape index (κ2) is 9.50. The zero-order valence-electron chi connectivity index (χ0n) is 15.4. The Morgan fingerprint density at radius 3 is 1.96 bits per heavy atom. The maximum absolute atomic E-state index is 13.0. The first kappa shape index (κ1) is 19.4. The fourth-order valence-corrected chi connectivity index (χ4v) is 3.16. The number of rotatable bonds is 9. The number of hydrogen-bond acceptors (Lipinski definition) is 3. The van der Waals surface area contributed by atoms with E-state index in [1.807, 2.05) is 60.7 Å². The molecule has 0 saturated heterocycles. The lowest BCUT2D eigenvalue weighted by Gasteiger charge is -2.20. The van der Waals surface area contributed by atoms with Crippen molar-refractivity contribution in [3.63, 3.8) is 0 Å². The Kier molecular flexibility index (Phi) is 6.57. The van der Waals surface area contributed by atoms with Crippen molar-refractivity contribution in [3.05, 3.63) is 90.0 Å². The second-order valence-corrected chi connectivity index (χ2v) is 6.76. The fraction of sp³-hybridized carbons (Fsp3) is 0.227. The molecule has 0 fully saturated rings. The first-order valence-corrected chi connectivity index (χ1v) is 9.20. The Bertz CT molecular complexity index is 838. The second-order valence-electron chi connectivity index (χ2n) is 6.76. The number of nitrogens with zero attached hydrogens (tertiary/aromatic N) is 1. The summed E-state index contributed by atoms with van der Waals surface area (Å²) in [6.45, 7) is 0. The van der Waals surface area contributed by atoms with Crippen LogP contribution in [0.1, 0.15) is 16.8 Å². The van der Waals surface area contributed by atoms with Crippen LogP contribution in [0, 0.1) is 5.92 Å². The van der Waals surface area contributed by atoms with Gasteiger partial charge >= 0.3 is 5.97 Å². The Labute approximate surface area is 163 Å². The van der Waals surface area contributed by atoms with Crippen molar-refractivity contribution < 1.29 is 14.7 Å². The average molecular weight is 377 g/mol. The molecular weight excluding hydrogens is 354 g/mol. The number of hydrogen-bond donors (Lipinski definition) is 3. The molecule has 0 spiro atoms. The number of carbonyl (C=O) groups excluding carboxylic acids is 1. The van der Waals surface area contributed by atoms with Crippen LogP contribution < -0.4 is 5.32 Å². The van der Waals surface area contributed by atoms with Gasteiger partial charge in [-0.15, -0.1) is 0 Å². The summed E-state index contributed by atoms with van der Waals surface area (Å²) < 4.78 is 0. The summed E-state index contributed by atoms with van der Waals surface area (Å²) in [7, 11) is 0. The summed E-state index contributed by atoms with van der Waals surface area (Å²) in [6, 6.07) is 18.5. The molecule has 3 N–H and O–H groups in total. The van der Waals surface area contributed by atoms with E-state index in [0.717, 1.165) is 11.1 Å². The molecule has 1 atom stereocenters. The maximum atomic E-state index is 13.0. The molecule has 0 aliphatic carbocycles. The van der Waals surface area contributed by atoms with Crippen molar-refractivity contribution in [2.45, 2.75) is 25.3 Å². The minimum Gasteiger partial charge on any atom is -0.480 e. The van der Waals surface area contributed by atoms with Crippen LogP contribution in [-0.4, -0.2) is 33.0 Å². The number of aromatic nitrogens is 2. The number of benzene rings is 2. The van der Waals surface area contributed by atoms with E-state index < -0.39 is 12.0 Å². The van der Waals surface area contributed by atoms with Gasteiger partial charge in [0.1, 0.15) is 6.04 Å². The number of nitrogens with one attached hydrogen (secondary N) is 2.